The molecule has 1 rings (SSSR count). The van der Waals surface area contributed by atoms with Crippen molar-refractivity contribution >= 4 is 6.29 Å². The summed E-state index contributed by atoms with van der Waals surface area (Å²) in [4.78, 5) is 10.7. The largest absolute Gasteiger partial charge is 0.303 e. The van der Waals surface area contributed by atoms with Crippen LogP contribution in [0.5, 0.6) is 0 Å². The third-order valence-corrected chi connectivity index (χ3v) is 3.42. The normalized spacial score (nSPS) is 18.1. The second kappa shape index (κ2) is 6.21. The third-order valence-electron chi connectivity index (χ3n) is 3.42. The summed E-state index contributed by atoms with van der Waals surface area (Å²) in [5, 5.41) is 0. The molecule has 0 aromatic carbocycles. The molecule has 1 fully saturated rings. The first-order chi connectivity index (χ1) is 6.83. The van der Waals surface area contributed by atoms with E-state index in [9.17, 15) is 4.79 Å². The zero-order valence-electron chi connectivity index (χ0n) is 9.56. The number of carbonyl (C=O) groups is 1. The molecule has 0 bridgehead atoms. The van der Waals surface area contributed by atoms with E-state index in [2.05, 4.69) is 6.92 Å². The van der Waals surface area contributed by atoms with Gasteiger partial charge in [0.05, 0.1) is 0 Å². The summed E-state index contributed by atoms with van der Waals surface area (Å²) < 4.78 is 0. The quantitative estimate of drug-likeness (QED) is 0.401. The Bertz CT molecular complexity index is 159. The van der Waals surface area contributed by atoms with Gasteiger partial charge >= 0.3 is 0 Å². The Morgan fingerprint density at radius 3 is 2.07 bits per heavy atom. The molecule has 14 heavy (non-hydrogen) atoms. The molecule has 1 aliphatic rings. The van der Waals surface area contributed by atoms with Crippen molar-refractivity contribution in [3.63, 3.8) is 0 Å². The van der Waals surface area contributed by atoms with Crippen molar-refractivity contribution in [3.05, 3.63) is 0 Å². The summed E-state index contributed by atoms with van der Waals surface area (Å²) in [6, 6.07) is 0. The zero-order valence-corrected chi connectivity index (χ0v) is 9.56. The highest BCUT2D eigenvalue weighted by Crippen LogP contribution is 2.47. The fraction of sp³-hybridized carbons (Fsp3) is 0.923. The monoisotopic (exact) mass is 196 g/mol. The lowest BCUT2D eigenvalue weighted by molar-refractivity contribution is -0.112. The summed E-state index contributed by atoms with van der Waals surface area (Å²) in [6.07, 6.45) is 14.1. The van der Waals surface area contributed by atoms with Gasteiger partial charge in [-0.15, -0.1) is 0 Å². The minimum absolute atomic E-state index is 0.156. The van der Waals surface area contributed by atoms with Crippen LogP contribution in [0, 0.1) is 5.41 Å². The molecule has 82 valence electrons. The lowest BCUT2D eigenvalue weighted by Gasteiger charge is -2.05. The van der Waals surface area contributed by atoms with Crippen LogP contribution < -0.4 is 0 Å². The molecule has 0 aromatic heterocycles. The van der Waals surface area contributed by atoms with Crippen LogP contribution in [0.4, 0.5) is 0 Å². The highest BCUT2D eigenvalue weighted by Gasteiger charge is 2.41. The molecular formula is C13H24O. The number of rotatable bonds is 9. The van der Waals surface area contributed by atoms with Crippen LogP contribution in [0.15, 0.2) is 0 Å². The van der Waals surface area contributed by atoms with Gasteiger partial charge < -0.3 is 4.79 Å². The summed E-state index contributed by atoms with van der Waals surface area (Å²) in [6.45, 7) is 2.25. The Morgan fingerprint density at radius 2 is 1.57 bits per heavy atom. The molecule has 0 radical (unpaired) electrons. The Balaban J connectivity index is 1.83. The first-order valence-electron chi connectivity index (χ1n) is 6.29. The lowest BCUT2D eigenvalue weighted by Crippen LogP contribution is -2.00. The van der Waals surface area contributed by atoms with Crippen molar-refractivity contribution < 1.29 is 4.79 Å². The van der Waals surface area contributed by atoms with E-state index in [1.807, 2.05) is 0 Å². The van der Waals surface area contributed by atoms with Crippen molar-refractivity contribution in [2.45, 2.75) is 71.1 Å². The summed E-state index contributed by atoms with van der Waals surface area (Å²) in [7, 11) is 0. The molecule has 1 aliphatic carbocycles. The Morgan fingerprint density at radius 1 is 1.00 bits per heavy atom. The van der Waals surface area contributed by atoms with E-state index in [1.54, 1.807) is 0 Å². The predicted octanol–water partition coefficient (Wildman–Crippen LogP) is 4.11. The van der Waals surface area contributed by atoms with E-state index in [4.69, 9.17) is 0 Å². The predicted molar refractivity (Wildman–Crippen MR) is 60.3 cm³/mol. The summed E-state index contributed by atoms with van der Waals surface area (Å²) in [5.74, 6) is 0. The van der Waals surface area contributed by atoms with Crippen LogP contribution in [0.1, 0.15) is 71.1 Å². The maximum Gasteiger partial charge on any atom is 0.126 e. The van der Waals surface area contributed by atoms with Crippen molar-refractivity contribution in [1.29, 1.82) is 0 Å². The number of hydrogen-bond acceptors (Lipinski definition) is 1. The summed E-state index contributed by atoms with van der Waals surface area (Å²) in [5.41, 5.74) is 0.156. The number of hydrogen-bond donors (Lipinski definition) is 0. The Hall–Kier alpha value is -0.330. The van der Waals surface area contributed by atoms with E-state index in [-0.39, 0.29) is 5.41 Å². The minimum atomic E-state index is 0.156. The molecule has 1 nitrogen and oxygen atoms in total. The topological polar surface area (TPSA) is 17.1 Å². The second-order valence-electron chi connectivity index (χ2n) is 4.85. The van der Waals surface area contributed by atoms with Crippen molar-refractivity contribution in [1.82, 2.24) is 0 Å². The van der Waals surface area contributed by atoms with Gasteiger partial charge in [-0.3, -0.25) is 0 Å². The van der Waals surface area contributed by atoms with Crippen molar-refractivity contribution in [2.24, 2.45) is 5.41 Å². The van der Waals surface area contributed by atoms with Crippen LogP contribution in [0.2, 0.25) is 0 Å². The van der Waals surface area contributed by atoms with Gasteiger partial charge in [-0.1, -0.05) is 51.9 Å². The minimum Gasteiger partial charge on any atom is -0.303 e. The summed E-state index contributed by atoms with van der Waals surface area (Å²) >= 11 is 0. The molecule has 0 amide bonds. The molecular weight excluding hydrogens is 172 g/mol. The Labute approximate surface area is 88.3 Å². The number of unbranched alkanes of at least 4 members (excludes halogenated alkanes) is 6. The van der Waals surface area contributed by atoms with Crippen LogP contribution >= 0.6 is 0 Å². The van der Waals surface area contributed by atoms with Gasteiger partial charge in [-0.2, -0.15) is 0 Å². The average molecular weight is 196 g/mol. The molecule has 1 heteroatoms. The van der Waals surface area contributed by atoms with Crippen LogP contribution in [0.25, 0.3) is 0 Å². The lowest BCUT2D eigenvalue weighted by atomic mass is 9.99. The maximum atomic E-state index is 10.7. The first-order valence-corrected chi connectivity index (χ1v) is 6.29. The van der Waals surface area contributed by atoms with Gasteiger partial charge in [0.25, 0.3) is 0 Å². The molecule has 0 saturated heterocycles. The molecule has 0 atom stereocenters. The molecule has 0 unspecified atom stereocenters. The molecule has 0 aliphatic heterocycles. The van der Waals surface area contributed by atoms with Crippen molar-refractivity contribution in [2.75, 3.05) is 0 Å². The molecule has 0 heterocycles. The molecule has 0 spiro atoms. The van der Waals surface area contributed by atoms with Crippen LogP contribution in [0.3, 0.4) is 0 Å². The zero-order chi connectivity index (χ0) is 10.3. The number of carbonyl (C=O) groups excluding carboxylic acids is 1. The van der Waals surface area contributed by atoms with Gasteiger partial charge in [0.2, 0.25) is 0 Å². The van der Waals surface area contributed by atoms with Gasteiger partial charge in [-0.05, 0) is 19.3 Å². The highest BCUT2D eigenvalue weighted by molar-refractivity contribution is 5.63. The van der Waals surface area contributed by atoms with Crippen LogP contribution in [-0.4, -0.2) is 6.29 Å². The van der Waals surface area contributed by atoms with Gasteiger partial charge in [0.15, 0.2) is 0 Å². The Kier molecular flexibility index (Phi) is 5.21. The second-order valence-corrected chi connectivity index (χ2v) is 4.85. The van der Waals surface area contributed by atoms with Crippen molar-refractivity contribution in [3.8, 4) is 0 Å². The van der Waals surface area contributed by atoms with Crippen LogP contribution in [-0.2, 0) is 4.79 Å². The molecule has 1 saturated carbocycles. The SMILES string of the molecule is CCCCCCCCCC1(C=O)CC1. The van der Waals surface area contributed by atoms with E-state index in [1.165, 1.54) is 51.2 Å². The van der Waals surface area contributed by atoms with Gasteiger partial charge in [-0.25, -0.2) is 0 Å². The highest BCUT2D eigenvalue weighted by atomic mass is 16.1. The fourth-order valence-electron chi connectivity index (χ4n) is 2.02. The van der Waals surface area contributed by atoms with E-state index < -0.39 is 0 Å². The average Bonchev–Trinajstić information content (AvgIpc) is 2.98. The molecule has 0 N–H and O–H groups in total. The van der Waals surface area contributed by atoms with Gasteiger partial charge in [0, 0.05) is 5.41 Å². The standard InChI is InChI=1S/C13H24O/c1-2-3-4-5-6-7-8-9-13(12-14)10-11-13/h12H,2-11H2,1H3. The first kappa shape index (κ1) is 11.7. The van der Waals surface area contributed by atoms with E-state index >= 15 is 0 Å². The maximum absolute atomic E-state index is 10.7. The molecule has 0 aromatic rings. The fourth-order valence-corrected chi connectivity index (χ4v) is 2.02. The smallest absolute Gasteiger partial charge is 0.126 e. The van der Waals surface area contributed by atoms with E-state index in [0.29, 0.717) is 0 Å². The third kappa shape index (κ3) is 4.26. The van der Waals surface area contributed by atoms with Gasteiger partial charge in [0.1, 0.15) is 6.29 Å². The van der Waals surface area contributed by atoms with E-state index in [0.717, 1.165) is 19.3 Å². The number of aldehydes is 1.